The molecule has 2 heterocycles. The first kappa shape index (κ1) is 16.8. The Bertz CT molecular complexity index is 1000. The first-order valence-corrected chi connectivity index (χ1v) is 8.35. The van der Waals surface area contributed by atoms with E-state index < -0.39 is 11.7 Å². The Morgan fingerprint density at radius 1 is 1.00 bits per heavy atom. The standard InChI is InChI=1S/C19H16FN5O2/c20-15-9-5-4-8-13(15)18(26)22-17-14-10-25(11-16(14)23-24-17)19(27)21-12-6-2-1-3-7-12/h1-9H,10-11H2,(H,21,27)(H2,22,23,24,26). The number of anilines is 2. The summed E-state index contributed by atoms with van der Waals surface area (Å²) in [5.74, 6) is -0.810. The molecule has 3 amide bonds. The molecule has 4 rings (SSSR count). The van der Waals surface area contributed by atoms with E-state index >= 15 is 0 Å². The Morgan fingerprint density at radius 2 is 1.74 bits per heavy atom. The number of hydrogen-bond donors (Lipinski definition) is 3. The van der Waals surface area contributed by atoms with E-state index in [1.54, 1.807) is 23.1 Å². The fraction of sp³-hybridized carbons (Fsp3) is 0.105. The Balaban J connectivity index is 1.45. The SMILES string of the molecule is O=C(Nc1[nH]nc2c1CN(C(=O)Nc1ccccc1)C2)c1ccccc1F. The van der Waals surface area contributed by atoms with E-state index in [9.17, 15) is 14.0 Å². The van der Waals surface area contributed by atoms with Crippen LogP contribution in [0.15, 0.2) is 54.6 Å². The molecule has 0 aliphatic carbocycles. The number of carbonyl (C=O) groups excluding carboxylic acids is 2. The summed E-state index contributed by atoms with van der Waals surface area (Å²) in [6, 6.07) is 14.6. The summed E-state index contributed by atoms with van der Waals surface area (Å²) in [4.78, 5) is 26.3. The molecule has 0 radical (unpaired) electrons. The third-order valence-electron chi connectivity index (χ3n) is 4.31. The number of hydrogen-bond acceptors (Lipinski definition) is 3. The van der Waals surface area contributed by atoms with E-state index in [1.807, 2.05) is 18.2 Å². The number of urea groups is 1. The second-order valence-corrected chi connectivity index (χ2v) is 6.11. The van der Waals surface area contributed by atoms with Crippen molar-refractivity contribution < 1.29 is 14.0 Å². The van der Waals surface area contributed by atoms with Gasteiger partial charge in [-0.3, -0.25) is 9.89 Å². The molecular weight excluding hydrogens is 349 g/mol. The van der Waals surface area contributed by atoms with Gasteiger partial charge in [0, 0.05) is 11.3 Å². The van der Waals surface area contributed by atoms with E-state index in [-0.39, 0.29) is 18.1 Å². The molecule has 1 aromatic heterocycles. The molecule has 0 bridgehead atoms. The second-order valence-electron chi connectivity index (χ2n) is 6.11. The van der Waals surface area contributed by atoms with Crippen LogP contribution < -0.4 is 10.6 Å². The van der Waals surface area contributed by atoms with Gasteiger partial charge in [-0.25, -0.2) is 9.18 Å². The van der Waals surface area contributed by atoms with Gasteiger partial charge in [-0.05, 0) is 24.3 Å². The van der Waals surface area contributed by atoms with Gasteiger partial charge >= 0.3 is 6.03 Å². The van der Waals surface area contributed by atoms with Crippen molar-refractivity contribution in [3.05, 3.63) is 77.2 Å². The Kier molecular flexibility index (Phi) is 4.29. The van der Waals surface area contributed by atoms with E-state index in [0.717, 1.165) is 0 Å². The summed E-state index contributed by atoms with van der Waals surface area (Å²) < 4.78 is 13.8. The second kappa shape index (κ2) is 6.91. The number of aromatic amines is 1. The molecule has 3 aromatic rings. The highest BCUT2D eigenvalue weighted by Crippen LogP contribution is 2.28. The molecular formula is C19H16FN5O2. The van der Waals surface area contributed by atoms with Crippen LogP contribution >= 0.6 is 0 Å². The van der Waals surface area contributed by atoms with Crippen LogP contribution in [0.5, 0.6) is 0 Å². The van der Waals surface area contributed by atoms with Crippen LogP contribution in [-0.2, 0) is 13.1 Å². The number of rotatable bonds is 3. The minimum absolute atomic E-state index is 0.0578. The average Bonchev–Trinajstić information content (AvgIpc) is 3.25. The lowest BCUT2D eigenvalue weighted by Crippen LogP contribution is -2.30. The van der Waals surface area contributed by atoms with Crippen molar-refractivity contribution in [1.82, 2.24) is 15.1 Å². The summed E-state index contributed by atoms with van der Waals surface area (Å²) in [5.41, 5.74) is 2.02. The normalized spacial score (nSPS) is 12.6. The molecule has 27 heavy (non-hydrogen) atoms. The third kappa shape index (κ3) is 3.37. The molecule has 7 nitrogen and oxygen atoms in total. The number of aromatic nitrogens is 2. The number of H-pyrrole nitrogens is 1. The minimum Gasteiger partial charge on any atom is -0.314 e. The maximum Gasteiger partial charge on any atom is 0.322 e. The lowest BCUT2D eigenvalue weighted by molar-refractivity contribution is 0.102. The molecule has 0 atom stereocenters. The van der Waals surface area contributed by atoms with Gasteiger partial charge in [0.1, 0.15) is 11.6 Å². The van der Waals surface area contributed by atoms with Crippen LogP contribution in [-0.4, -0.2) is 27.0 Å². The molecule has 0 spiro atoms. The molecule has 8 heteroatoms. The predicted octanol–water partition coefficient (Wildman–Crippen LogP) is 3.35. The fourth-order valence-corrected chi connectivity index (χ4v) is 2.93. The Hall–Kier alpha value is -3.68. The number of benzene rings is 2. The lowest BCUT2D eigenvalue weighted by atomic mass is 10.2. The van der Waals surface area contributed by atoms with E-state index in [2.05, 4.69) is 20.8 Å². The molecule has 136 valence electrons. The highest BCUT2D eigenvalue weighted by molar-refractivity contribution is 6.04. The van der Waals surface area contributed by atoms with Gasteiger partial charge in [-0.15, -0.1) is 0 Å². The first-order valence-electron chi connectivity index (χ1n) is 8.35. The van der Waals surface area contributed by atoms with Gasteiger partial charge in [0.2, 0.25) is 0 Å². The van der Waals surface area contributed by atoms with Crippen LogP contribution in [0.25, 0.3) is 0 Å². The van der Waals surface area contributed by atoms with Gasteiger partial charge in [0.25, 0.3) is 5.91 Å². The zero-order chi connectivity index (χ0) is 18.8. The quantitative estimate of drug-likeness (QED) is 0.665. The zero-order valence-corrected chi connectivity index (χ0v) is 14.2. The molecule has 0 saturated heterocycles. The van der Waals surface area contributed by atoms with Crippen LogP contribution in [0.4, 0.5) is 20.7 Å². The summed E-state index contributed by atoms with van der Waals surface area (Å²) in [5, 5.41) is 12.3. The minimum atomic E-state index is -0.602. The highest BCUT2D eigenvalue weighted by Gasteiger charge is 2.29. The number of fused-ring (bicyclic) bond motifs is 1. The molecule has 0 fully saturated rings. The van der Waals surface area contributed by atoms with Crippen molar-refractivity contribution in [3.8, 4) is 0 Å². The van der Waals surface area contributed by atoms with Crippen LogP contribution in [0.2, 0.25) is 0 Å². The van der Waals surface area contributed by atoms with Gasteiger partial charge in [-0.1, -0.05) is 30.3 Å². The monoisotopic (exact) mass is 365 g/mol. The topological polar surface area (TPSA) is 90.1 Å². The van der Waals surface area contributed by atoms with Crippen molar-refractivity contribution in [2.45, 2.75) is 13.1 Å². The molecule has 3 N–H and O–H groups in total. The molecule has 0 saturated carbocycles. The van der Waals surface area contributed by atoms with E-state index in [0.29, 0.717) is 29.3 Å². The maximum absolute atomic E-state index is 13.8. The largest absolute Gasteiger partial charge is 0.322 e. The number of amides is 3. The Morgan fingerprint density at radius 3 is 2.52 bits per heavy atom. The number of para-hydroxylation sites is 1. The smallest absolute Gasteiger partial charge is 0.314 e. The van der Waals surface area contributed by atoms with Crippen molar-refractivity contribution in [2.75, 3.05) is 10.6 Å². The maximum atomic E-state index is 13.8. The molecule has 0 unspecified atom stereocenters. The molecule has 1 aliphatic rings. The van der Waals surface area contributed by atoms with Crippen molar-refractivity contribution in [2.24, 2.45) is 0 Å². The highest BCUT2D eigenvalue weighted by atomic mass is 19.1. The molecule has 2 aromatic carbocycles. The van der Waals surface area contributed by atoms with Gasteiger partial charge in [-0.2, -0.15) is 5.10 Å². The van der Waals surface area contributed by atoms with Crippen LogP contribution in [0.1, 0.15) is 21.6 Å². The molecule has 1 aliphatic heterocycles. The predicted molar refractivity (Wildman–Crippen MR) is 97.6 cm³/mol. The van der Waals surface area contributed by atoms with Gasteiger partial charge in [0.15, 0.2) is 0 Å². The van der Waals surface area contributed by atoms with Crippen molar-refractivity contribution in [3.63, 3.8) is 0 Å². The number of carbonyl (C=O) groups is 2. The summed E-state index contributed by atoms with van der Waals surface area (Å²) >= 11 is 0. The van der Waals surface area contributed by atoms with E-state index in [4.69, 9.17) is 0 Å². The van der Waals surface area contributed by atoms with E-state index in [1.165, 1.54) is 18.2 Å². The number of halogens is 1. The summed E-state index contributed by atoms with van der Waals surface area (Å²) in [6.07, 6.45) is 0. The number of nitrogens with zero attached hydrogens (tertiary/aromatic N) is 2. The summed E-state index contributed by atoms with van der Waals surface area (Å²) in [7, 11) is 0. The third-order valence-corrected chi connectivity index (χ3v) is 4.31. The number of nitrogens with one attached hydrogen (secondary N) is 3. The van der Waals surface area contributed by atoms with Crippen molar-refractivity contribution in [1.29, 1.82) is 0 Å². The van der Waals surface area contributed by atoms with Gasteiger partial charge in [0.05, 0.1) is 24.3 Å². The van der Waals surface area contributed by atoms with Crippen LogP contribution in [0, 0.1) is 5.82 Å². The average molecular weight is 365 g/mol. The summed E-state index contributed by atoms with van der Waals surface area (Å²) in [6.45, 7) is 0.609. The Labute approximate surface area is 154 Å². The zero-order valence-electron chi connectivity index (χ0n) is 14.2. The fourth-order valence-electron chi connectivity index (χ4n) is 2.93. The van der Waals surface area contributed by atoms with Crippen LogP contribution in [0.3, 0.4) is 0 Å². The lowest BCUT2D eigenvalue weighted by Gasteiger charge is -2.16. The van der Waals surface area contributed by atoms with Crippen molar-refractivity contribution >= 4 is 23.4 Å². The first-order chi connectivity index (χ1) is 13.1. The van der Waals surface area contributed by atoms with Gasteiger partial charge < -0.3 is 15.5 Å².